The maximum Gasteiger partial charge on any atom is 0.132 e. The fourth-order valence-electron chi connectivity index (χ4n) is 1.15. The van der Waals surface area contributed by atoms with Gasteiger partial charge in [0.15, 0.2) is 0 Å². The van der Waals surface area contributed by atoms with E-state index in [1.165, 1.54) is 0 Å². The van der Waals surface area contributed by atoms with E-state index in [4.69, 9.17) is 4.74 Å². The van der Waals surface area contributed by atoms with Crippen LogP contribution in [0.5, 0.6) is 0 Å². The number of hydrogen-bond acceptors (Lipinski definition) is 2. The predicted octanol–water partition coefficient (Wildman–Crippen LogP) is 3.47. The zero-order valence-corrected chi connectivity index (χ0v) is 9.42. The zero-order chi connectivity index (χ0) is 10.6. The van der Waals surface area contributed by atoms with Gasteiger partial charge in [0.05, 0.1) is 12.9 Å². The summed E-state index contributed by atoms with van der Waals surface area (Å²) >= 11 is 0. The largest absolute Gasteiger partial charge is 0.502 e. The summed E-state index contributed by atoms with van der Waals surface area (Å²) in [6, 6.07) is 0. The van der Waals surface area contributed by atoms with E-state index in [-0.39, 0.29) is 0 Å². The molecule has 0 bridgehead atoms. The molecule has 0 N–H and O–H groups in total. The maximum absolute atomic E-state index is 11.2. The van der Waals surface area contributed by atoms with Crippen LogP contribution in [0.25, 0.3) is 0 Å². The first-order valence-corrected chi connectivity index (χ1v) is 5.59. The number of allylic oxidation sites excluding steroid dienone is 1. The van der Waals surface area contributed by atoms with Crippen molar-refractivity contribution in [2.75, 3.05) is 6.61 Å². The standard InChI is InChI=1S/C12H22O2/c1-3-5-9-12(13)10-7-6-8-11-14-4-2/h8,11H,3-7,9-10H2,1-2H3. The fraction of sp³-hybridized carbons (Fsp3) is 0.750. The minimum Gasteiger partial charge on any atom is -0.502 e. The third-order valence-electron chi connectivity index (χ3n) is 1.99. The van der Waals surface area contributed by atoms with Gasteiger partial charge in [0, 0.05) is 12.8 Å². The molecule has 0 amide bonds. The van der Waals surface area contributed by atoms with Crippen LogP contribution < -0.4 is 0 Å². The van der Waals surface area contributed by atoms with Gasteiger partial charge in [-0.05, 0) is 32.3 Å². The van der Waals surface area contributed by atoms with Crippen molar-refractivity contribution in [1.82, 2.24) is 0 Å². The maximum atomic E-state index is 11.2. The van der Waals surface area contributed by atoms with Gasteiger partial charge in [-0.1, -0.05) is 13.3 Å². The Kier molecular flexibility index (Phi) is 9.71. The van der Waals surface area contributed by atoms with Crippen LogP contribution in [0.4, 0.5) is 0 Å². The van der Waals surface area contributed by atoms with Crippen molar-refractivity contribution in [3.8, 4) is 0 Å². The summed E-state index contributed by atoms with van der Waals surface area (Å²) in [4.78, 5) is 11.2. The SMILES string of the molecule is CCCCC(=O)CCCC=COCC. The molecule has 0 saturated heterocycles. The quantitative estimate of drug-likeness (QED) is 0.419. The average Bonchev–Trinajstić information content (AvgIpc) is 2.20. The van der Waals surface area contributed by atoms with Crippen LogP contribution in [0.2, 0.25) is 0 Å². The summed E-state index contributed by atoms with van der Waals surface area (Å²) in [5, 5.41) is 0. The molecule has 0 aliphatic rings. The Morgan fingerprint density at radius 3 is 2.57 bits per heavy atom. The number of carbonyl (C=O) groups excluding carboxylic acids is 1. The highest BCUT2D eigenvalue weighted by molar-refractivity contribution is 5.78. The Balaban J connectivity index is 3.22. The van der Waals surface area contributed by atoms with Gasteiger partial charge in [-0.15, -0.1) is 0 Å². The highest BCUT2D eigenvalue weighted by Gasteiger charge is 1.99. The number of ether oxygens (including phenoxy) is 1. The molecule has 0 saturated carbocycles. The van der Waals surface area contributed by atoms with Gasteiger partial charge >= 0.3 is 0 Å². The number of ketones is 1. The molecule has 0 radical (unpaired) electrons. The number of hydrogen-bond donors (Lipinski definition) is 0. The fourth-order valence-corrected chi connectivity index (χ4v) is 1.15. The minimum absolute atomic E-state index is 0.400. The van der Waals surface area contributed by atoms with Gasteiger partial charge in [-0.2, -0.15) is 0 Å². The van der Waals surface area contributed by atoms with Crippen LogP contribution >= 0.6 is 0 Å². The lowest BCUT2D eigenvalue weighted by Crippen LogP contribution is -1.96. The molecule has 0 unspecified atom stereocenters. The molecular weight excluding hydrogens is 176 g/mol. The van der Waals surface area contributed by atoms with Crippen molar-refractivity contribution in [2.45, 2.75) is 52.4 Å². The lowest BCUT2D eigenvalue weighted by Gasteiger charge is -1.97. The van der Waals surface area contributed by atoms with Crippen molar-refractivity contribution in [1.29, 1.82) is 0 Å². The first-order valence-electron chi connectivity index (χ1n) is 5.59. The molecule has 0 heterocycles. The Bertz CT molecular complexity index is 162. The molecule has 0 spiro atoms. The van der Waals surface area contributed by atoms with E-state index in [2.05, 4.69) is 6.92 Å². The molecular formula is C12H22O2. The van der Waals surface area contributed by atoms with Crippen LogP contribution in [-0.4, -0.2) is 12.4 Å². The van der Waals surface area contributed by atoms with Crippen molar-refractivity contribution in [3.63, 3.8) is 0 Å². The van der Waals surface area contributed by atoms with E-state index >= 15 is 0 Å². The minimum atomic E-state index is 0.400. The van der Waals surface area contributed by atoms with E-state index in [0.717, 1.165) is 38.5 Å². The first kappa shape index (κ1) is 13.2. The molecule has 0 rings (SSSR count). The third kappa shape index (κ3) is 9.30. The molecule has 2 nitrogen and oxygen atoms in total. The number of Topliss-reactive ketones (excluding diaryl/α,β-unsaturated/α-hetero) is 1. The molecule has 0 aliphatic carbocycles. The molecule has 14 heavy (non-hydrogen) atoms. The molecule has 0 aromatic rings. The lowest BCUT2D eigenvalue weighted by molar-refractivity contribution is -0.119. The van der Waals surface area contributed by atoms with Crippen LogP contribution in [0.1, 0.15) is 52.4 Å². The Morgan fingerprint density at radius 2 is 1.93 bits per heavy atom. The third-order valence-corrected chi connectivity index (χ3v) is 1.99. The highest BCUT2D eigenvalue weighted by atomic mass is 16.5. The summed E-state index contributed by atoms with van der Waals surface area (Å²) < 4.78 is 5.04. The van der Waals surface area contributed by atoms with Gasteiger partial charge in [0.2, 0.25) is 0 Å². The second-order valence-corrected chi connectivity index (χ2v) is 3.36. The number of unbranched alkanes of at least 4 members (excludes halogenated alkanes) is 2. The summed E-state index contributed by atoms with van der Waals surface area (Å²) in [7, 11) is 0. The number of rotatable bonds is 9. The Labute approximate surface area is 87.3 Å². The van der Waals surface area contributed by atoms with Crippen LogP contribution in [-0.2, 0) is 9.53 Å². The monoisotopic (exact) mass is 198 g/mol. The summed E-state index contributed by atoms with van der Waals surface area (Å²) in [5.74, 6) is 0.400. The second kappa shape index (κ2) is 10.3. The van der Waals surface area contributed by atoms with Gasteiger partial charge in [0.25, 0.3) is 0 Å². The van der Waals surface area contributed by atoms with E-state index in [1.807, 2.05) is 13.0 Å². The van der Waals surface area contributed by atoms with Crippen molar-refractivity contribution in [2.24, 2.45) is 0 Å². The normalized spacial score (nSPS) is 10.7. The summed E-state index contributed by atoms with van der Waals surface area (Å²) in [6.07, 6.45) is 9.21. The molecule has 0 aliphatic heterocycles. The van der Waals surface area contributed by atoms with Crippen molar-refractivity contribution in [3.05, 3.63) is 12.3 Å². The average molecular weight is 198 g/mol. The molecule has 0 fully saturated rings. The van der Waals surface area contributed by atoms with Crippen molar-refractivity contribution >= 4 is 5.78 Å². The van der Waals surface area contributed by atoms with Crippen LogP contribution in [0.15, 0.2) is 12.3 Å². The molecule has 0 atom stereocenters. The van der Waals surface area contributed by atoms with Gasteiger partial charge in [-0.25, -0.2) is 0 Å². The zero-order valence-electron chi connectivity index (χ0n) is 9.42. The lowest BCUT2D eigenvalue weighted by atomic mass is 10.1. The van der Waals surface area contributed by atoms with E-state index in [1.54, 1.807) is 6.26 Å². The topological polar surface area (TPSA) is 26.3 Å². The highest BCUT2D eigenvalue weighted by Crippen LogP contribution is 2.03. The molecule has 0 aromatic heterocycles. The Morgan fingerprint density at radius 1 is 1.21 bits per heavy atom. The van der Waals surface area contributed by atoms with Gasteiger partial charge < -0.3 is 4.74 Å². The van der Waals surface area contributed by atoms with Crippen molar-refractivity contribution < 1.29 is 9.53 Å². The molecule has 2 heteroatoms. The summed E-state index contributed by atoms with van der Waals surface area (Å²) in [6.45, 7) is 4.78. The van der Waals surface area contributed by atoms with E-state index < -0.39 is 0 Å². The van der Waals surface area contributed by atoms with Crippen LogP contribution in [0, 0.1) is 0 Å². The van der Waals surface area contributed by atoms with Crippen LogP contribution in [0.3, 0.4) is 0 Å². The summed E-state index contributed by atoms with van der Waals surface area (Å²) in [5.41, 5.74) is 0. The number of carbonyl (C=O) groups is 1. The molecule has 0 aromatic carbocycles. The van der Waals surface area contributed by atoms with Gasteiger partial charge in [-0.3, -0.25) is 4.79 Å². The van der Waals surface area contributed by atoms with E-state index in [9.17, 15) is 4.79 Å². The van der Waals surface area contributed by atoms with Gasteiger partial charge in [0.1, 0.15) is 5.78 Å². The van der Waals surface area contributed by atoms with E-state index in [0.29, 0.717) is 12.4 Å². The first-order chi connectivity index (χ1) is 6.81. The predicted molar refractivity (Wildman–Crippen MR) is 59.1 cm³/mol. The smallest absolute Gasteiger partial charge is 0.132 e. The second-order valence-electron chi connectivity index (χ2n) is 3.36. The molecule has 82 valence electrons. The Hall–Kier alpha value is -0.790.